The zero-order valence-corrected chi connectivity index (χ0v) is 35.5. The summed E-state index contributed by atoms with van der Waals surface area (Å²) in [6.45, 7) is 18.0. The second-order valence-electron chi connectivity index (χ2n) is 16.4. The summed E-state index contributed by atoms with van der Waals surface area (Å²) in [5.74, 6) is -0.721. The molecule has 0 radical (unpaired) electrons. The van der Waals surface area contributed by atoms with Crippen LogP contribution in [0.3, 0.4) is 0 Å². The summed E-state index contributed by atoms with van der Waals surface area (Å²) >= 11 is 0. The second kappa shape index (κ2) is 15.6. The van der Waals surface area contributed by atoms with Gasteiger partial charge in [-0.3, -0.25) is 14.8 Å². The first-order valence-corrected chi connectivity index (χ1v) is 20.5. The topological polar surface area (TPSA) is 138 Å². The van der Waals surface area contributed by atoms with Gasteiger partial charge in [-0.25, -0.2) is 4.79 Å². The van der Waals surface area contributed by atoms with Crippen LogP contribution in [0.4, 0.5) is 0 Å². The Balaban J connectivity index is 1.33. The minimum Gasteiger partial charge on any atom is -0.507 e. The maximum absolute atomic E-state index is 14.2. The first-order valence-electron chi connectivity index (χ1n) is 20.5. The number of benzene rings is 5. The minimum absolute atomic E-state index is 0.0478. The first kappa shape index (κ1) is 40.4. The Morgan fingerprint density at radius 1 is 0.617 bits per heavy atom. The highest BCUT2D eigenvalue weighted by Gasteiger charge is 2.31. The predicted molar refractivity (Wildman–Crippen MR) is 240 cm³/mol. The van der Waals surface area contributed by atoms with Crippen LogP contribution in [0.5, 0.6) is 5.75 Å². The number of aryl methyl sites for hydroxylation is 5. The van der Waals surface area contributed by atoms with Crippen LogP contribution in [0, 0.1) is 34.6 Å². The molecule has 304 valence electrons. The number of nitrogens with zero attached hydrogens (tertiary/aromatic N) is 2. The average Bonchev–Trinajstić information content (AvgIpc) is 3.20. The molecule has 0 saturated heterocycles. The molecule has 0 amide bonds. The van der Waals surface area contributed by atoms with Crippen LogP contribution in [0.2, 0.25) is 0 Å². The minimum atomic E-state index is -1.08. The number of pyridine rings is 2. The molecule has 0 saturated carbocycles. The van der Waals surface area contributed by atoms with Gasteiger partial charge in [0.2, 0.25) is 0 Å². The van der Waals surface area contributed by atoms with Gasteiger partial charge < -0.3 is 25.3 Å². The van der Waals surface area contributed by atoms with E-state index in [9.17, 15) is 19.8 Å². The van der Waals surface area contributed by atoms with Crippen molar-refractivity contribution in [2.24, 2.45) is 0 Å². The van der Waals surface area contributed by atoms with Crippen LogP contribution in [0.25, 0.3) is 55.2 Å². The molecule has 4 atom stereocenters. The molecule has 6 aromatic rings. The maximum Gasteiger partial charge on any atom is 0.336 e. The summed E-state index contributed by atoms with van der Waals surface area (Å²) in [5, 5.41) is 32.6. The van der Waals surface area contributed by atoms with Crippen molar-refractivity contribution < 1.29 is 19.4 Å². The number of phenols is 1. The van der Waals surface area contributed by atoms with Gasteiger partial charge in [0.1, 0.15) is 17.1 Å². The van der Waals surface area contributed by atoms with Crippen LogP contribution >= 0.6 is 0 Å². The van der Waals surface area contributed by atoms with Crippen LogP contribution < -0.4 is 16.1 Å². The molecule has 0 fully saturated rings. The number of hydrogen-bond donors (Lipinski definition) is 4. The molecular weight excluding hydrogens is 749 g/mol. The third kappa shape index (κ3) is 6.97. The Kier molecular flexibility index (Phi) is 10.5. The maximum atomic E-state index is 14.2. The molecule has 60 heavy (non-hydrogen) atoms. The fraction of sp³-hybridized carbons (Fsp3) is 0.255. The molecule has 3 heterocycles. The number of phenolic OH excluding ortho intramolecular Hbond substituents is 1. The standard InChI is InChI=1S/C51H50N4O5/c1-25-14-18-36(46-34(25)20-16-28(4)52-46)30(6)54-32(8)43-42(56)23-22-40-45(38-12-10-11-13-39(38)51(58)59)41-24-27(3)48(57)44(50(41)60-49(40)43)33(9)55-31(7)37-19-15-26(2)35-21-17-29(5)53-47(35)37/h10-24,30-33,54-55,57H,1-9H3,(H,58,59). The first-order chi connectivity index (χ1) is 28.6. The van der Waals surface area contributed by atoms with E-state index in [4.69, 9.17) is 14.4 Å². The number of carboxylic acid groups (broad SMARTS) is 1. The van der Waals surface area contributed by atoms with Crippen LogP contribution in [0.15, 0.2) is 100 Å². The van der Waals surface area contributed by atoms with E-state index >= 15 is 0 Å². The molecule has 4 N–H and O–H groups in total. The summed E-state index contributed by atoms with van der Waals surface area (Å²) in [5.41, 5.74) is 11.3. The van der Waals surface area contributed by atoms with E-state index in [0.717, 1.165) is 55.4 Å². The molecule has 0 bridgehead atoms. The SMILES string of the molecule is Cc1ccc2c(C)ccc(C(C)NC(C)c3c4oc5c(C(C)NC(C)c6ccc(C)c7ccc(C)nc67)c(O)c(C)cc5c(-c5ccccc5C(=O)O)c-4ccc3=O)c2n1. The summed E-state index contributed by atoms with van der Waals surface area (Å²) in [6, 6.07) is 27.1. The van der Waals surface area contributed by atoms with Crippen molar-refractivity contribution >= 4 is 38.7 Å². The fourth-order valence-corrected chi connectivity index (χ4v) is 8.99. The van der Waals surface area contributed by atoms with Crippen molar-refractivity contribution in [1.82, 2.24) is 20.6 Å². The summed E-state index contributed by atoms with van der Waals surface area (Å²) in [7, 11) is 0. The number of hydrogen-bond acceptors (Lipinski definition) is 8. The highest BCUT2D eigenvalue weighted by atomic mass is 16.4. The molecular formula is C51H50N4O5. The Morgan fingerprint density at radius 3 is 1.73 bits per heavy atom. The number of carbonyl (C=O) groups is 1. The predicted octanol–water partition coefficient (Wildman–Crippen LogP) is 11.4. The van der Waals surface area contributed by atoms with Gasteiger partial charge >= 0.3 is 5.97 Å². The van der Waals surface area contributed by atoms with Crippen LogP contribution in [-0.2, 0) is 0 Å². The molecule has 2 aliphatic rings. The Morgan fingerprint density at radius 2 is 1.17 bits per heavy atom. The van der Waals surface area contributed by atoms with Gasteiger partial charge in [0.15, 0.2) is 5.43 Å². The number of nitrogens with one attached hydrogen (secondary N) is 2. The third-order valence-corrected chi connectivity index (χ3v) is 12.1. The van der Waals surface area contributed by atoms with Crippen molar-refractivity contribution in [2.45, 2.75) is 86.5 Å². The van der Waals surface area contributed by atoms with E-state index in [-0.39, 0.29) is 28.8 Å². The van der Waals surface area contributed by atoms with E-state index in [1.807, 2.05) is 58.9 Å². The number of fused-ring (bicyclic) bond motifs is 4. The Labute approximate surface area is 349 Å². The van der Waals surface area contributed by atoms with E-state index in [1.165, 1.54) is 6.07 Å². The molecule has 1 aliphatic heterocycles. The lowest BCUT2D eigenvalue weighted by Gasteiger charge is -2.27. The lowest BCUT2D eigenvalue weighted by Crippen LogP contribution is -2.28. The lowest BCUT2D eigenvalue weighted by molar-refractivity contribution is 0.0697. The van der Waals surface area contributed by atoms with Crippen molar-refractivity contribution in [3.05, 3.63) is 157 Å². The number of rotatable bonds is 10. The molecule has 4 aromatic carbocycles. The van der Waals surface area contributed by atoms with Gasteiger partial charge in [-0.1, -0.05) is 54.6 Å². The largest absolute Gasteiger partial charge is 0.507 e. The molecule has 2 aromatic heterocycles. The molecule has 4 unspecified atom stereocenters. The summed E-state index contributed by atoms with van der Waals surface area (Å²) < 4.78 is 7.00. The lowest BCUT2D eigenvalue weighted by atomic mass is 9.86. The van der Waals surface area contributed by atoms with Crippen molar-refractivity contribution in [3.8, 4) is 28.2 Å². The van der Waals surface area contributed by atoms with Crippen LogP contribution in [-0.4, -0.2) is 26.2 Å². The fourth-order valence-electron chi connectivity index (χ4n) is 8.99. The van der Waals surface area contributed by atoms with E-state index in [0.29, 0.717) is 50.1 Å². The van der Waals surface area contributed by atoms with Crippen molar-refractivity contribution in [2.75, 3.05) is 0 Å². The van der Waals surface area contributed by atoms with Gasteiger partial charge in [-0.05, 0) is 132 Å². The van der Waals surface area contributed by atoms with Gasteiger partial charge in [0.05, 0.1) is 27.7 Å². The van der Waals surface area contributed by atoms with E-state index in [2.05, 4.69) is 74.7 Å². The number of aromatic carboxylic acids is 1. The van der Waals surface area contributed by atoms with Gasteiger partial charge in [0.25, 0.3) is 0 Å². The van der Waals surface area contributed by atoms with E-state index < -0.39 is 18.1 Å². The smallest absolute Gasteiger partial charge is 0.336 e. The second-order valence-corrected chi connectivity index (χ2v) is 16.4. The summed E-state index contributed by atoms with van der Waals surface area (Å²) in [6.07, 6.45) is 0. The zero-order valence-electron chi connectivity index (χ0n) is 35.5. The molecule has 0 spiro atoms. The Bertz CT molecular complexity index is 3040. The van der Waals surface area contributed by atoms with Gasteiger partial charge in [-0.2, -0.15) is 0 Å². The highest BCUT2D eigenvalue weighted by molar-refractivity contribution is 6.09. The van der Waals surface area contributed by atoms with Crippen LogP contribution in [0.1, 0.15) is 113 Å². The number of aromatic hydroxyl groups is 1. The molecule has 1 aliphatic carbocycles. The monoisotopic (exact) mass is 798 g/mol. The van der Waals surface area contributed by atoms with Crippen molar-refractivity contribution in [1.29, 1.82) is 0 Å². The highest BCUT2D eigenvalue weighted by Crippen LogP contribution is 2.48. The average molecular weight is 799 g/mol. The normalized spacial score (nSPS) is 13.9. The third-order valence-electron chi connectivity index (χ3n) is 12.1. The van der Waals surface area contributed by atoms with Crippen molar-refractivity contribution in [3.63, 3.8) is 0 Å². The number of carboxylic acids is 1. The zero-order chi connectivity index (χ0) is 42.7. The van der Waals surface area contributed by atoms with Gasteiger partial charge in [-0.15, -0.1) is 0 Å². The number of aromatic nitrogens is 2. The van der Waals surface area contributed by atoms with E-state index in [1.54, 1.807) is 24.3 Å². The Hall–Kier alpha value is -6.42. The summed E-state index contributed by atoms with van der Waals surface area (Å²) in [4.78, 5) is 36.8. The quantitative estimate of drug-likeness (QED) is 0.0996. The van der Waals surface area contributed by atoms with Gasteiger partial charge in [0, 0.05) is 62.8 Å². The molecule has 9 nitrogen and oxygen atoms in total. The molecule has 9 heteroatoms. The molecule has 8 rings (SSSR count).